The fourth-order valence-corrected chi connectivity index (χ4v) is 3.67. The van der Waals surface area contributed by atoms with Crippen LogP contribution >= 0.6 is 0 Å². The van der Waals surface area contributed by atoms with Gasteiger partial charge in [0.2, 0.25) is 0 Å². The van der Waals surface area contributed by atoms with Crippen LogP contribution in [0.1, 0.15) is 31.2 Å². The molecule has 0 aromatic heterocycles. The lowest BCUT2D eigenvalue weighted by Gasteiger charge is -2.37. The van der Waals surface area contributed by atoms with Crippen molar-refractivity contribution >= 4 is 5.69 Å². The maximum atomic E-state index is 9.36. The van der Waals surface area contributed by atoms with Crippen LogP contribution in [0.5, 0.6) is 5.75 Å². The lowest BCUT2D eigenvalue weighted by Crippen LogP contribution is -2.43. The van der Waals surface area contributed by atoms with Gasteiger partial charge in [0, 0.05) is 25.2 Å². The lowest BCUT2D eigenvalue weighted by molar-refractivity contribution is 0.328. The summed E-state index contributed by atoms with van der Waals surface area (Å²) in [4.78, 5) is 2.37. The van der Waals surface area contributed by atoms with Crippen LogP contribution < -0.4 is 15.0 Å². The second-order valence-electron chi connectivity index (χ2n) is 6.05. The topological polar surface area (TPSA) is 48.3 Å². The molecule has 21 heavy (non-hydrogen) atoms. The minimum absolute atomic E-state index is 0.656. The van der Waals surface area contributed by atoms with Crippen LogP contribution in [-0.2, 0) is 0 Å². The van der Waals surface area contributed by atoms with E-state index in [0.717, 1.165) is 36.6 Å². The fourth-order valence-electron chi connectivity index (χ4n) is 3.67. The molecule has 2 heterocycles. The molecule has 2 saturated heterocycles. The van der Waals surface area contributed by atoms with Gasteiger partial charge >= 0.3 is 0 Å². The van der Waals surface area contributed by atoms with Gasteiger partial charge in [-0.1, -0.05) is 0 Å². The highest BCUT2D eigenvalue weighted by molar-refractivity contribution is 5.62. The molecule has 4 nitrogen and oxygen atoms in total. The number of nitriles is 1. The van der Waals surface area contributed by atoms with Gasteiger partial charge in [-0.2, -0.15) is 5.26 Å². The maximum Gasteiger partial charge on any atom is 0.121 e. The zero-order valence-electron chi connectivity index (χ0n) is 12.6. The van der Waals surface area contributed by atoms with Gasteiger partial charge in [-0.25, -0.2) is 0 Å². The van der Waals surface area contributed by atoms with E-state index in [9.17, 15) is 5.26 Å². The van der Waals surface area contributed by atoms with E-state index >= 15 is 0 Å². The van der Waals surface area contributed by atoms with Crippen molar-refractivity contribution in [2.45, 2.75) is 31.7 Å². The molecule has 4 heteroatoms. The van der Waals surface area contributed by atoms with Crippen molar-refractivity contribution in [1.29, 1.82) is 5.26 Å². The van der Waals surface area contributed by atoms with Crippen molar-refractivity contribution in [3.63, 3.8) is 0 Å². The largest absolute Gasteiger partial charge is 0.497 e. The van der Waals surface area contributed by atoms with E-state index in [2.05, 4.69) is 16.3 Å². The molecule has 0 spiro atoms. The predicted molar refractivity (Wildman–Crippen MR) is 83.7 cm³/mol. The van der Waals surface area contributed by atoms with Crippen LogP contribution in [0.3, 0.4) is 0 Å². The molecule has 2 aliphatic heterocycles. The number of nitrogens with one attached hydrogen (secondary N) is 1. The van der Waals surface area contributed by atoms with E-state index < -0.39 is 0 Å². The van der Waals surface area contributed by atoms with Crippen molar-refractivity contribution in [2.75, 3.05) is 31.6 Å². The quantitative estimate of drug-likeness (QED) is 0.927. The molecule has 3 rings (SSSR count). The number of rotatable bonds is 3. The first-order valence-corrected chi connectivity index (χ1v) is 7.88. The van der Waals surface area contributed by atoms with Crippen molar-refractivity contribution in [3.05, 3.63) is 23.8 Å². The van der Waals surface area contributed by atoms with E-state index in [1.54, 1.807) is 7.11 Å². The van der Waals surface area contributed by atoms with E-state index in [1.807, 2.05) is 18.2 Å². The zero-order chi connectivity index (χ0) is 14.7. The third-order valence-electron chi connectivity index (χ3n) is 4.79. The van der Waals surface area contributed by atoms with Gasteiger partial charge in [0.25, 0.3) is 0 Å². The Morgan fingerprint density at radius 2 is 2.24 bits per heavy atom. The Balaban J connectivity index is 1.80. The van der Waals surface area contributed by atoms with Gasteiger partial charge in [0.1, 0.15) is 11.8 Å². The molecule has 2 atom stereocenters. The Kier molecular flexibility index (Phi) is 4.31. The summed E-state index contributed by atoms with van der Waals surface area (Å²) in [5.74, 6) is 1.52. The Labute approximate surface area is 126 Å². The van der Waals surface area contributed by atoms with Gasteiger partial charge in [0.05, 0.1) is 18.4 Å². The number of benzene rings is 1. The Bertz CT molecular complexity index is 531. The second kappa shape index (κ2) is 6.36. The highest BCUT2D eigenvalue weighted by Crippen LogP contribution is 2.32. The summed E-state index contributed by atoms with van der Waals surface area (Å²) < 4.78 is 5.32. The monoisotopic (exact) mass is 285 g/mol. The van der Waals surface area contributed by atoms with Gasteiger partial charge < -0.3 is 15.0 Å². The number of methoxy groups -OCH3 is 1. The van der Waals surface area contributed by atoms with Crippen LogP contribution in [0, 0.1) is 17.2 Å². The first-order chi connectivity index (χ1) is 10.3. The number of anilines is 1. The number of hydrogen-bond donors (Lipinski definition) is 1. The summed E-state index contributed by atoms with van der Waals surface area (Å²) in [6, 6.07) is 8.70. The summed E-state index contributed by atoms with van der Waals surface area (Å²) in [6.07, 6.45) is 5.08. The summed E-state index contributed by atoms with van der Waals surface area (Å²) in [7, 11) is 1.67. The number of hydrogen-bond acceptors (Lipinski definition) is 4. The Morgan fingerprint density at radius 3 is 2.95 bits per heavy atom. The second-order valence-corrected chi connectivity index (χ2v) is 6.05. The average Bonchev–Trinajstić information content (AvgIpc) is 3.09. The standard InChI is InChI=1S/C17H23N3O/c1-21-15-7-6-13(11-18)17(10-15)20-9-3-4-14(12-20)16-5-2-8-19-16/h6-7,10,14,16,19H,2-5,8-9,12H2,1H3. The van der Waals surface area contributed by atoms with Crippen LogP contribution in [0.2, 0.25) is 0 Å². The van der Waals surface area contributed by atoms with Crippen molar-refractivity contribution in [2.24, 2.45) is 5.92 Å². The molecule has 0 bridgehead atoms. The molecule has 2 unspecified atom stereocenters. The van der Waals surface area contributed by atoms with Crippen molar-refractivity contribution in [1.82, 2.24) is 5.32 Å². The molecule has 112 valence electrons. The SMILES string of the molecule is COc1ccc(C#N)c(N2CCCC(C3CCCN3)C2)c1. The molecule has 2 fully saturated rings. The third-order valence-corrected chi connectivity index (χ3v) is 4.79. The normalized spacial score (nSPS) is 25.6. The third kappa shape index (κ3) is 2.98. The molecule has 0 amide bonds. The van der Waals surface area contributed by atoms with Crippen LogP contribution in [0.4, 0.5) is 5.69 Å². The van der Waals surface area contributed by atoms with Gasteiger partial charge in [-0.05, 0) is 50.3 Å². The molecule has 2 aliphatic rings. The molecule has 0 aliphatic carbocycles. The number of piperidine rings is 1. The smallest absolute Gasteiger partial charge is 0.121 e. The Hall–Kier alpha value is -1.73. The molecule has 0 saturated carbocycles. The highest BCUT2D eigenvalue weighted by atomic mass is 16.5. The average molecular weight is 285 g/mol. The highest BCUT2D eigenvalue weighted by Gasteiger charge is 2.29. The number of ether oxygens (including phenoxy) is 1. The molecular weight excluding hydrogens is 262 g/mol. The van der Waals surface area contributed by atoms with Crippen LogP contribution in [0.25, 0.3) is 0 Å². The van der Waals surface area contributed by atoms with E-state index in [0.29, 0.717) is 12.0 Å². The minimum Gasteiger partial charge on any atom is -0.497 e. The first kappa shape index (κ1) is 14.2. The summed E-state index contributed by atoms with van der Waals surface area (Å²) in [5.41, 5.74) is 1.77. The molecule has 1 aromatic rings. The summed E-state index contributed by atoms with van der Waals surface area (Å²) in [6.45, 7) is 3.23. The molecule has 1 N–H and O–H groups in total. The van der Waals surface area contributed by atoms with E-state index in [4.69, 9.17) is 4.74 Å². The van der Waals surface area contributed by atoms with Gasteiger partial charge in [-0.15, -0.1) is 0 Å². The lowest BCUT2D eigenvalue weighted by atomic mass is 9.89. The predicted octanol–water partition coefficient (Wildman–Crippen LogP) is 2.54. The van der Waals surface area contributed by atoms with E-state index in [-0.39, 0.29) is 0 Å². The molecule has 1 aromatic carbocycles. The maximum absolute atomic E-state index is 9.36. The fraction of sp³-hybridized carbons (Fsp3) is 0.588. The van der Waals surface area contributed by atoms with Crippen molar-refractivity contribution in [3.8, 4) is 11.8 Å². The van der Waals surface area contributed by atoms with Crippen molar-refractivity contribution < 1.29 is 4.74 Å². The molecular formula is C17H23N3O. The van der Waals surface area contributed by atoms with Crippen LogP contribution in [0.15, 0.2) is 18.2 Å². The first-order valence-electron chi connectivity index (χ1n) is 7.88. The molecule has 0 radical (unpaired) electrons. The van der Waals surface area contributed by atoms with Gasteiger partial charge in [-0.3, -0.25) is 0 Å². The van der Waals surface area contributed by atoms with Crippen LogP contribution in [-0.4, -0.2) is 32.8 Å². The number of nitrogens with zero attached hydrogens (tertiary/aromatic N) is 2. The summed E-state index contributed by atoms with van der Waals surface area (Å²) >= 11 is 0. The minimum atomic E-state index is 0.656. The van der Waals surface area contributed by atoms with Gasteiger partial charge in [0.15, 0.2) is 0 Å². The zero-order valence-corrected chi connectivity index (χ0v) is 12.6. The van der Waals surface area contributed by atoms with E-state index in [1.165, 1.54) is 25.7 Å². The Morgan fingerprint density at radius 1 is 1.33 bits per heavy atom. The summed E-state index contributed by atoms with van der Waals surface area (Å²) in [5, 5.41) is 13.0.